The minimum Gasteiger partial charge on any atom is -0.357 e. The molecule has 0 radical (unpaired) electrons. The van der Waals surface area contributed by atoms with Crippen LogP contribution < -0.4 is 10.6 Å². The largest absolute Gasteiger partial charge is 0.357 e. The first-order valence-electron chi connectivity index (χ1n) is 8.53. The lowest BCUT2D eigenvalue weighted by molar-refractivity contribution is 0.271. The summed E-state index contributed by atoms with van der Waals surface area (Å²) in [5.74, 6) is 1.48. The van der Waals surface area contributed by atoms with Crippen molar-refractivity contribution in [1.29, 1.82) is 0 Å². The van der Waals surface area contributed by atoms with Gasteiger partial charge in [-0.05, 0) is 63.9 Å². The summed E-state index contributed by atoms with van der Waals surface area (Å²) >= 11 is 0. The zero-order valence-corrected chi connectivity index (χ0v) is 17.2. The van der Waals surface area contributed by atoms with Gasteiger partial charge in [0.2, 0.25) is 0 Å². The molecule has 1 aromatic rings. The average Bonchev–Trinajstić information content (AvgIpc) is 3.34. The number of likely N-dealkylation sites (N-methyl/N-ethyl adjacent to an activating group) is 1. The highest BCUT2D eigenvalue weighted by Gasteiger charge is 2.32. The fraction of sp³-hybridized carbons (Fsp3) is 0.611. The van der Waals surface area contributed by atoms with E-state index in [4.69, 9.17) is 4.99 Å². The molecule has 4 nitrogen and oxygen atoms in total. The summed E-state index contributed by atoms with van der Waals surface area (Å²) in [6.45, 7) is 4.52. The average molecular weight is 448 g/mol. The Kier molecular flexibility index (Phi) is 9.58. The van der Waals surface area contributed by atoms with Gasteiger partial charge in [-0.3, -0.25) is 4.99 Å². The van der Waals surface area contributed by atoms with E-state index in [2.05, 4.69) is 36.6 Å². The molecule has 0 aromatic heterocycles. The van der Waals surface area contributed by atoms with Crippen LogP contribution in [0.1, 0.15) is 25.3 Å². The Balaban J connectivity index is 0.00000288. The van der Waals surface area contributed by atoms with Gasteiger partial charge in [-0.25, -0.2) is 4.39 Å². The Morgan fingerprint density at radius 3 is 2.46 bits per heavy atom. The monoisotopic (exact) mass is 448 g/mol. The Hall–Kier alpha value is -0.890. The van der Waals surface area contributed by atoms with Crippen LogP contribution in [0.25, 0.3) is 0 Å². The van der Waals surface area contributed by atoms with Crippen molar-refractivity contribution in [1.82, 2.24) is 15.5 Å². The van der Waals surface area contributed by atoms with Crippen LogP contribution >= 0.6 is 24.0 Å². The molecule has 2 rings (SSSR count). The second kappa shape index (κ2) is 10.9. The van der Waals surface area contributed by atoms with Crippen LogP contribution in [0.3, 0.4) is 0 Å². The van der Waals surface area contributed by atoms with Crippen molar-refractivity contribution in [3.63, 3.8) is 0 Å². The maximum atomic E-state index is 12.9. The molecule has 0 spiro atoms. The molecule has 136 valence electrons. The van der Waals surface area contributed by atoms with Gasteiger partial charge in [0.15, 0.2) is 5.96 Å². The molecule has 0 bridgehead atoms. The van der Waals surface area contributed by atoms with E-state index >= 15 is 0 Å². The summed E-state index contributed by atoms with van der Waals surface area (Å²) < 4.78 is 12.9. The highest BCUT2D eigenvalue weighted by Crippen LogP contribution is 2.34. The molecule has 2 N–H and O–H groups in total. The quantitative estimate of drug-likeness (QED) is 0.365. The fourth-order valence-corrected chi connectivity index (χ4v) is 2.72. The first-order valence-corrected chi connectivity index (χ1v) is 8.53. The molecule has 0 amide bonds. The van der Waals surface area contributed by atoms with Gasteiger partial charge in [0.05, 0.1) is 6.54 Å². The van der Waals surface area contributed by atoms with E-state index in [-0.39, 0.29) is 29.8 Å². The molecule has 0 saturated heterocycles. The van der Waals surface area contributed by atoms with Crippen molar-refractivity contribution >= 4 is 29.9 Å². The van der Waals surface area contributed by atoms with Crippen LogP contribution in [0.2, 0.25) is 0 Å². The summed E-state index contributed by atoms with van der Waals surface area (Å²) in [7, 11) is 4.26. The van der Waals surface area contributed by atoms with E-state index in [1.54, 1.807) is 0 Å². The van der Waals surface area contributed by atoms with Crippen LogP contribution in [0, 0.1) is 11.7 Å². The second-order valence-electron chi connectivity index (χ2n) is 6.39. The lowest BCUT2D eigenvalue weighted by Gasteiger charge is -2.23. The predicted octanol–water partition coefficient (Wildman–Crippen LogP) is 2.88. The van der Waals surface area contributed by atoms with Crippen molar-refractivity contribution < 1.29 is 4.39 Å². The topological polar surface area (TPSA) is 39.7 Å². The van der Waals surface area contributed by atoms with E-state index in [1.165, 1.54) is 25.0 Å². The number of hydrogen-bond acceptors (Lipinski definition) is 2. The third-order valence-corrected chi connectivity index (χ3v) is 4.23. The number of hydrogen-bond donors (Lipinski definition) is 2. The van der Waals surface area contributed by atoms with Gasteiger partial charge in [-0.2, -0.15) is 0 Å². The molecule has 1 saturated carbocycles. The summed E-state index contributed by atoms with van der Waals surface area (Å²) in [5, 5.41) is 6.66. The number of nitrogens with zero attached hydrogens (tertiary/aromatic N) is 2. The standard InChI is InChI=1S/C18H29FN4.HI/c1-4-20-18(22-13-17(23(2)3)15-7-8-15)21-12-11-14-5-9-16(19)10-6-14;/h5-6,9-10,15,17H,4,7-8,11-13H2,1-3H3,(H2,20,21,22);1H. The Morgan fingerprint density at radius 2 is 1.92 bits per heavy atom. The molecular weight excluding hydrogens is 418 g/mol. The summed E-state index contributed by atoms with van der Waals surface area (Å²) in [6.07, 6.45) is 3.50. The number of benzene rings is 1. The van der Waals surface area contributed by atoms with Crippen LogP contribution in [0.15, 0.2) is 29.3 Å². The van der Waals surface area contributed by atoms with Gasteiger partial charge in [-0.1, -0.05) is 12.1 Å². The third-order valence-electron chi connectivity index (χ3n) is 4.23. The Labute approximate surface area is 162 Å². The Morgan fingerprint density at radius 1 is 1.25 bits per heavy atom. The van der Waals surface area contributed by atoms with Crippen LogP contribution in [0.5, 0.6) is 0 Å². The fourth-order valence-electron chi connectivity index (χ4n) is 2.72. The molecule has 1 unspecified atom stereocenters. The van der Waals surface area contributed by atoms with E-state index in [0.29, 0.717) is 6.04 Å². The first kappa shape index (κ1) is 21.2. The smallest absolute Gasteiger partial charge is 0.191 e. The van der Waals surface area contributed by atoms with Gasteiger partial charge in [0.25, 0.3) is 0 Å². The van der Waals surface area contributed by atoms with Gasteiger partial charge in [0, 0.05) is 19.1 Å². The SMILES string of the molecule is CCNC(=NCC(C1CC1)N(C)C)NCCc1ccc(F)cc1.I. The van der Waals surface area contributed by atoms with Crippen molar-refractivity contribution in [3.8, 4) is 0 Å². The molecule has 1 atom stereocenters. The molecule has 1 aliphatic rings. The molecule has 6 heteroatoms. The van der Waals surface area contributed by atoms with Crippen molar-refractivity contribution in [3.05, 3.63) is 35.6 Å². The van der Waals surface area contributed by atoms with Gasteiger partial charge < -0.3 is 15.5 Å². The van der Waals surface area contributed by atoms with Crippen molar-refractivity contribution in [2.75, 3.05) is 33.7 Å². The molecule has 24 heavy (non-hydrogen) atoms. The molecule has 0 aliphatic heterocycles. The second-order valence-corrected chi connectivity index (χ2v) is 6.39. The molecule has 1 aliphatic carbocycles. The Bertz CT molecular complexity index is 498. The van der Waals surface area contributed by atoms with Crippen LogP contribution in [-0.4, -0.2) is 50.6 Å². The van der Waals surface area contributed by atoms with E-state index < -0.39 is 0 Å². The number of rotatable bonds is 8. The van der Waals surface area contributed by atoms with E-state index in [9.17, 15) is 4.39 Å². The zero-order chi connectivity index (χ0) is 16.7. The summed E-state index contributed by atoms with van der Waals surface area (Å²) in [6, 6.07) is 7.20. The molecular formula is C18H30FIN4. The lowest BCUT2D eigenvalue weighted by atomic mass is 10.1. The van der Waals surface area contributed by atoms with Gasteiger partial charge in [-0.15, -0.1) is 24.0 Å². The minimum atomic E-state index is -0.189. The first-order chi connectivity index (χ1) is 11.1. The van der Waals surface area contributed by atoms with E-state index in [1.807, 2.05) is 12.1 Å². The maximum absolute atomic E-state index is 12.9. The predicted molar refractivity (Wildman–Crippen MR) is 110 cm³/mol. The van der Waals surface area contributed by atoms with E-state index in [0.717, 1.165) is 43.5 Å². The summed E-state index contributed by atoms with van der Waals surface area (Å²) in [4.78, 5) is 7.02. The number of guanidine groups is 1. The maximum Gasteiger partial charge on any atom is 0.191 e. The highest BCUT2D eigenvalue weighted by molar-refractivity contribution is 14.0. The van der Waals surface area contributed by atoms with Crippen LogP contribution in [0.4, 0.5) is 4.39 Å². The number of nitrogens with one attached hydrogen (secondary N) is 2. The number of aliphatic imine (C=N–C) groups is 1. The number of halogens is 2. The van der Waals surface area contributed by atoms with Gasteiger partial charge >= 0.3 is 0 Å². The lowest BCUT2D eigenvalue weighted by Crippen LogP contribution is -2.40. The zero-order valence-electron chi connectivity index (χ0n) is 14.9. The van der Waals surface area contributed by atoms with Crippen molar-refractivity contribution in [2.24, 2.45) is 10.9 Å². The molecule has 0 heterocycles. The third kappa shape index (κ3) is 7.34. The van der Waals surface area contributed by atoms with Crippen LogP contribution in [-0.2, 0) is 6.42 Å². The summed E-state index contributed by atoms with van der Waals surface area (Å²) in [5.41, 5.74) is 1.12. The van der Waals surface area contributed by atoms with Crippen molar-refractivity contribution in [2.45, 2.75) is 32.2 Å². The molecule has 1 aromatic carbocycles. The minimum absolute atomic E-state index is 0. The van der Waals surface area contributed by atoms with Gasteiger partial charge in [0.1, 0.15) is 5.82 Å². The molecule has 1 fully saturated rings. The normalized spacial score (nSPS) is 15.8. The highest BCUT2D eigenvalue weighted by atomic mass is 127.